The minimum atomic E-state index is -0.447. The zero-order chi connectivity index (χ0) is 12.8. The summed E-state index contributed by atoms with van der Waals surface area (Å²) in [7, 11) is 0. The Balaban J connectivity index is 1.77. The van der Waals surface area contributed by atoms with Gasteiger partial charge in [-0.2, -0.15) is 0 Å². The molecule has 1 nitrogen and oxygen atoms in total. The number of hydrogen-bond acceptors (Lipinski definition) is 1. The van der Waals surface area contributed by atoms with E-state index in [0.29, 0.717) is 12.4 Å². The highest BCUT2D eigenvalue weighted by atomic mass is 35.5. The van der Waals surface area contributed by atoms with Gasteiger partial charge in [0.15, 0.2) is 0 Å². The summed E-state index contributed by atoms with van der Waals surface area (Å²) >= 11 is 5.59. The lowest BCUT2D eigenvalue weighted by atomic mass is 10.1. The normalized spacial score (nSPS) is 10.3. The predicted molar refractivity (Wildman–Crippen MR) is 71.7 cm³/mol. The highest BCUT2D eigenvalue weighted by molar-refractivity contribution is 6.30. The SMILES string of the molecule is Fc1cc(OCCCc2ccccc2)ccc1Cl. The van der Waals surface area contributed by atoms with Crippen LogP contribution in [0.25, 0.3) is 0 Å². The first kappa shape index (κ1) is 12.9. The van der Waals surface area contributed by atoms with Crippen molar-refractivity contribution in [2.45, 2.75) is 12.8 Å². The van der Waals surface area contributed by atoms with Crippen molar-refractivity contribution in [2.24, 2.45) is 0 Å². The lowest BCUT2D eigenvalue weighted by Crippen LogP contribution is -1.99. The van der Waals surface area contributed by atoms with Crippen LogP contribution in [0.15, 0.2) is 48.5 Å². The highest BCUT2D eigenvalue weighted by Gasteiger charge is 2.01. The Morgan fingerprint density at radius 3 is 2.56 bits per heavy atom. The van der Waals surface area contributed by atoms with Gasteiger partial charge in [0.25, 0.3) is 0 Å². The van der Waals surface area contributed by atoms with Crippen molar-refractivity contribution >= 4 is 11.6 Å². The third-order valence-electron chi connectivity index (χ3n) is 2.61. The Morgan fingerprint density at radius 1 is 1.06 bits per heavy atom. The molecule has 94 valence electrons. The van der Waals surface area contributed by atoms with Crippen molar-refractivity contribution in [3.63, 3.8) is 0 Å². The van der Waals surface area contributed by atoms with E-state index >= 15 is 0 Å². The van der Waals surface area contributed by atoms with Crippen LogP contribution in [0.1, 0.15) is 12.0 Å². The molecular formula is C15H14ClFO. The molecule has 0 aliphatic carbocycles. The summed E-state index contributed by atoms with van der Waals surface area (Å²) in [6.07, 6.45) is 1.85. The van der Waals surface area contributed by atoms with Crippen LogP contribution >= 0.6 is 11.6 Å². The Labute approximate surface area is 111 Å². The maximum atomic E-state index is 13.1. The molecule has 0 aliphatic heterocycles. The van der Waals surface area contributed by atoms with Crippen LogP contribution in [0.5, 0.6) is 5.75 Å². The molecule has 0 saturated heterocycles. The quantitative estimate of drug-likeness (QED) is 0.723. The number of aryl methyl sites for hydroxylation is 1. The van der Waals surface area contributed by atoms with Gasteiger partial charge in [-0.1, -0.05) is 41.9 Å². The van der Waals surface area contributed by atoms with Gasteiger partial charge in [-0.3, -0.25) is 0 Å². The predicted octanol–water partition coefficient (Wildman–Crippen LogP) is 4.49. The third-order valence-corrected chi connectivity index (χ3v) is 2.92. The summed E-state index contributed by atoms with van der Waals surface area (Å²) in [6.45, 7) is 0.565. The molecule has 0 N–H and O–H groups in total. The molecule has 2 rings (SSSR count). The Morgan fingerprint density at radius 2 is 1.83 bits per heavy atom. The minimum Gasteiger partial charge on any atom is -0.493 e. The number of hydrogen-bond donors (Lipinski definition) is 0. The molecule has 0 saturated carbocycles. The second-order valence-electron chi connectivity index (χ2n) is 4.01. The summed E-state index contributed by atoms with van der Waals surface area (Å²) in [6, 6.07) is 14.7. The van der Waals surface area contributed by atoms with Crippen molar-refractivity contribution in [2.75, 3.05) is 6.61 Å². The molecule has 18 heavy (non-hydrogen) atoms. The van der Waals surface area contributed by atoms with E-state index in [0.717, 1.165) is 12.8 Å². The molecule has 2 aromatic rings. The van der Waals surface area contributed by atoms with Crippen LogP contribution in [0.2, 0.25) is 5.02 Å². The van der Waals surface area contributed by atoms with E-state index in [1.807, 2.05) is 18.2 Å². The van der Waals surface area contributed by atoms with Crippen LogP contribution < -0.4 is 4.74 Å². The largest absolute Gasteiger partial charge is 0.493 e. The molecule has 0 unspecified atom stereocenters. The van der Waals surface area contributed by atoms with Crippen molar-refractivity contribution < 1.29 is 9.13 Å². The van der Waals surface area contributed by atoms with Gasteiger partial charge < -0.3 is 4.74 Å². The van der Waals surface area contributed by atoms with Gasteiger partial charge in [-0.15, -0.1) is 0 Å². The van der Waals surface area contributed by atoms with Gasteiger partial charge in [-0.25, -0.2) is 4.39 Å². The number of rotatable bonds is 5. The molecule has 0 aromatic heterocycles. The lowest BCUT2D eigenvalue weighted by Gasteiger charge is -2.06. The van der Waals surface area contributed by atoms with Crippen molar-refractivity contribution in [3.8, 4) is 5.75 Å². The van der Waals surface area contributed by atoms with Gasteiger partial charge in [0.1, 0.15) is 11.6 Å². The molecule has 0 bridgehead atoms. The molecule has 2 aromatic carbocycles. The second kappa shape index (κ2) is 6.41. The maximum absolute atomic E-state index is 13.1. The first-order valence-corrected chi connectivity index (χ1v) is 6.25. The molecule has 0 spiro atoms. The fourth-order valence-corrected chi connectivity index (χ4v) is 1.80. The van der Waals surface area contributed by atoms with Gasteiger partial charge in [0.05, 0.1) is 11.6 Å². The average molecular weight is 265 g/mol. The van der Waals surface area contributed by atoms with Gasteiger partial charge in [-0.05, 0) is 30.5 Å². The molecular weight excluding hydrogens is 251 g/mol. The van der Waals surface area contributed by atoms with E-state index in [2.05, 4.69) is 12.1 Å². The summed E-state index contributed by atoms with van der Waals surface area (Å²) in [5.41, 5.74) is 1.28. The van der Waals surface area contributed by atoms with Gasteiger partial charge in [0.2, 0.25) is 0 Å². The molecule has 3 heteroatoms. The first-order chi connectivity index (χ1) is 8.75. The van der Waals surface area contributed by atoms with Crippen LogP contribution in [-0.2, 0) is 6.42 Å². The highest BCUT2D eigenvalue weighted by Crippen LogP contribution is 2.20. The van der Waals surface area contributed by atoms with E-state index < -0.39 is 5.82 Å². The summed E-state index contributed by atoms with van der Waals surface area (Å²) in [5, 5.41) is 0.117. The van der Waals surface area contributed by atoms with E-state index in [-0.39, 0.29) is 5.02 Å². The Hall–Kier alpha value is -1.54. The fraction of sp³-hybridized carbons (Fsp3) is 0.200. The van der Waals surface area contributed by atoms with Gasteiger partial charge >= 0.3 is 0 Å². The number of ether oxygens (including phenoxy) is 1. The molecule has 0 atom stereocenters. The average Bonchev–Trinajstić information content (AvgIpc) is 2.40. The van der Waals surface area contributed by atoms with Crippen molar-refractivity contribution in [3.05, 3.63) is 64.9 Å². The van der Waals surface area contributed by atoms with Crippen LogP contribution in [0.3, 0.4) is 0 Å². The van der Waals surface area contributed by atoms with E-state index in [1.54, 1.807) is 6.07 Å². The molecule has 0 radical (unpaired) electrons. The number of benzene rings is 2. The van der Waals surface area contributed by atoms with Crippen molar-refractivity contribution in [1.29, 1.82) is 0 Å². The standard InChI is InChI=1S/C15H14ClFO/c16-14-9-8-13(11-15(14)17)18-10-4-7-12-5-2-1-3-6-12/h1-3,5-6,8-9,11H,4,7,10H2. The molecule has 0 aliphatic rings. The van der Waals surface area contributed by atoms with E-state index in [1.165, 1.54) is 17.7 Å². The Kier molecular flexibility index (Phi) is 4.59. The topological polar surface area (TPSA) is 9.23 Å². The maximum Gasteiger partial charge on any atom is 0.145 e. The third kappa shape index (κ3) is 3.74. The molecule has 0 fully saturated rings. The van der Waals surface area contributed by atoms with Crippen LogP contribution in [-0.4, -0.2) is 6.61 Å². The number of halogens is 2. The smallest absolute Gasteiger partial charge is 0.145 e. The van der Waals surface area contributed by atoms with Crippen LogP contribution in [0.4, 0.5) is 4.39 Å². The zero-order valence-corrected chi connectivity index (χ0v) is 10.7. The van der Waals surface area contributed by atoms with E-state index in [4.69, 9.17) is 16.3 Å². The van der Waals surface area contributed by atoms with Crippen LogP contribution in [0, 0.1) is 5.82 Å². The first-order valence-electron chi connectivity index (χ1n) is 5.87. The lowest BCUT2D eigenvalue weighted by molar-refractivity contribution is 0.309. The summed E-state index contributed by atoms with van der Waals surface area (Å²) in [5.74, 6) is 0.0715. The summed E-state index contributed by atoms with van der Waals surface area (Å²) in [4.78, 5) is 0. The van der Waals surface area contributed by atoms with Gasteiger partial charge in [0, 0.05) is 6.07 Å². The molecule has 0 amide bonds. The minimum absolute atomic E-state index is 0.117. The monoisotopic (exact) mass is 264 g/mol. The Bertz CT molecular complexity index is 499. The zero-order valence-electron chi connectivity index (χ0n) is 9.90. The fourth-order valence-electron chi connectivity index (χ4n) is 1.68. The second-order valence-corrected chi connectivity index (χ2v) is 4.42. The van der Waals surface area contributed by atoms with E-state index in [9.17, 15) is 4.39 Å². The molecule has 0 heterocycles. The summed E-state index contributed by atoms with van der Waals surface area (Å²) < 4.78 is 18.6. The van der Waals surface area contributed by atoms with Crippen molar-refractivity contribution in [1.82, 2.24) is 0 Å².